The van der Waals surface area contributed by atoms with Crippen molar-refractivity contribution in [1.29, 1.82) is 0 Å². The van der Waals surface area contributed by atoms with E-state index in [0.29, 0.717) is 19.4 Å². The first kappa shape index (κ1) is 13.9. The van der Waals surface area contributed by atoms with Crippen LogP contribution in [0.2, 0.25) is 0 Å². The van der Waals surface area contributed by atoms with E-state index < -0.39 is 12.0 Å². The molecule has 0 unspecified atom stereocenters. The Labute approximate surface area is 108 Å². The van der Waals surface area contributed by atoms with E-state index in [-0.39, 0.29) is 23.8 Å². The lowest BCUT2D eigenvalue weighted by atomic mass is 9.89. The molecule has 0 radical (unpaired) electrons. The second-order valence-electron chi connectivity index (χ2n) is 4.46. The van der Waals surface area contributed by atoms with E-state index in [1.807, 2.05) is 0 Å². The van der Waals surface area contributed by atoms with E-state index in [2.05, 4.69) is 20.6 Å². The summed E-state index contributed by atoms with van der Waals surface area (Å²) in [5.74, 6) is -0.921. The second kappa shape index (κ2) is 5.20. The molecule has 5 nitrogen and oxygen atoms in total. The Morgan fingerprint density at radius 3 is 2.47 bits per heavy atom. The third kappa shape index (κ3) is 3.46. The normalized spacial score (nSPS) is 22.8. The Bertz CT molecular complexity index is 446. The average Bonchev–Trinajstić information content (AvgIpc) is 2.26. The summed E-state index contributed by atoms with van der Waals surface area (Å²) in [5, 5.41) is 14.8. The highest BCUT2D eigenvalue weighted by atomic mass is 19.4. The molecular formula is C11H15F3N4O. The minimum Gasteiger partial charge on any atom is -0.393 e. The number of alkyl halides is 3. The van der Waals surface area contributed by atoms with Crippen molar-refractivity contribution < 1.29 is 18.3 Å². The fourth-order valence-electron chi connectivity index (χ4n) is 1.83. The fourth-order valence-corrected chi connectivity index (χ4v) is 1.83. The lowest BCUT2D eigenvalue weighted by Gasteiger charge is -2.32. The highest BCUT2D eigenvalue weighted by Crippen LogP contribution is 2.29. The number of hydrogen-bond donors (Lipinski definition) is 3. The molecule has 0 saturated heterocycles. The van der Waals surface area contributed by atoms with Gasteiger partial charge in [-0.3, -0.25) is 0 Å². The van der Waals surface area contributed by atoms with Gasteiger partial charge < -0.3 is 15.7 Å². The molecule has 8 heteroatoms. The van der Waals surface area contributed by atoms with Crippen molar-refractivity contribution in [3.8, 4) is 0 Å². The number of anilines is 2. The molecule has 0 amide bonds. The molecule has 1 aromatic rings. The maximum Gasteiger partial charge on any atom is 0.451 e. The first-order chi connectivity index (χ1) is 8.88. The predicted octanol–water partition coefficient (Wildman–Crippen LogP) is 1.86. The van der Waals surface area contributed by atoms with Crippen LogP contribution in [-0.2, 0) is 6.18 Å². The molecule has 106 valence electrons. The number of hydrogen-bond acceptors (Lipinski definition) is 5. The molecule has 1 heterocycles. The predicted molar refractivity (Wildman–Crippen MR) is 63.8 cm³/mol. The summed E-state index contributed by atoms with van der Waals surface area (Å²) in [5.41, 5.74) is 0. The lowest BCUT2D eigenvalue weighted by molar-refractivity contribution is -0.144. The smallest absolute Gasteiger partial charge is 0.393 e. The van der Waals surface area contributed by atoms with Crippen molar-refractivity contribution in [2.75, 3.05) is 17.2 Å². The molecule has 1 aliphatic carbocycles. The van der Waals surface area contributed by atoms with Crippen LogP contribution in [0.3, 0.4) is 0 Å². The third-order valence-corrected chi connectivity index (χ3v) is 2.80. The SMILES string of the molecule is CCNc1cc(NC2CC(O)C2)nc(C(F)(F)F)n1. The Hall–Kier alpha value is -1.57. The standard InChI is InChI=1S/C11H15F3N4O/c1-2-15-8-5-9(16-6-3-7(19)4-6)18-10(17-8)11(12,13)14/h5-7,19H,2-4H2,1H3,(H2,15,16,17,18). The number of aromatic nitrogens is 2. The number of aliphatic hydroxyl groups excluding tert-OH is 1. The van der Waals surface area contributed by atoms with Gasteiger partial charge in [0, 0.05) is 18.7 Å². The zero-order valence-electron chi connectivity index (χ0n) is 10.3. The van der Waals surface area contributed by atoms with Gasteiger partial charge in [0.1, 0.15) is 11.6 Å². The van der Waals surface area contributed by atoms with Crippen LogP contribution < -0.4 is 10.6 Å². The number of rotatable bonds is 4. The van der Waals surface area contributed by atoms with Gasteiger partial charge in [0.15, 0.2) is 0 Å². The number of nitrogens with one attached hydrogen (secondary N) is 2. The van der Waals surface area contributed by atoms with Crippen LogP contribution in [0.5, 0.6) is 0 Å². The van der Waals surface area contributed by atoms with Gasteiger partial charge in [0.2, 0.25) is 5.82 Å². The van der Waals surface area contributed by atoms with Crippen LogP contribution in [-0.4, -0.2) is 33.8 Å². The molecule has 2 rings (SSSR count). The molecule has 3 N–H and O–H groups in total. The molecule has 0 aliphatic heterocycles. The second-order valence-corrected chi connectivity index (χ2v) is 4.46. The van der Waals surface area contributed by atoms with E-state index in [1.165, 1.54) is 6.07 Å². The van der Waals surface area contributed by atoms with Gasteiger partial charge in [-0.15, -0.1) is 0 Å². The Balaban J connectivity index is 2.19. The summed E-state index contributed by atoms with van der Waals surface area (Å²) in [6.45, 7) is 2.24. The third-order valence-electron chi connectivity index (χ3n) is 2.80. The minimum absolute atomic E-state index is 0.0412. The van der Waals surface area contributed by atoms with Gasteiger partial charge in [0.25, 0.3) is 0 Å². The molecule has 1 aromatic heterocycles. The van der Waals surface area contributed by atoms with Crippen molar-refractivity contribution in [3.63, 3.8) is 0 Å². The van der Waals surface area contributed by atoms with Crippen LogP contribution in [0.4, 0.5) is 24.8 Å². The van der Waals surface area contributed by atoms with Crippen molar-refractivity contribution in [2.45, 2.75) is 38.1 Å². The molecule has 0 spiro atoms. The van der Waals surface area contributed by atoms with Gasteiger partial charge in [-0.05, 0) is 19.8 Å². The zero-order valence-corrected chi connectivity index (χ0v) is 10.3. The van der Waals surface area contributed by atoms with Crippen LogP contribution in [0.25, 0.3) is 0 Å². The van der Waals surface area contributed by atoms with Crippen molar-refractivity contribution >= 4 is 11.6 Å². The number of nitrogens with zero attached hydrogens (tertiary/aromatic N) is 2. The monoisotopic (exact) mass is 276 g/mol. The largest absolute Gasteiger partial charge is 0.451 e. The van der Waals surface area contributed by atoms with Crippen LogP contribution >= 0.6 is 0 Å². The Morgan fingerprint density at radius 1 is 1.32 bits per heavy atom. The summed E-state index contributed by atoms with van der Waals surface area (Å²) < 4.78 is 38.0. The Kier molecular flexibility index (Phi) is 3.79. The van der Waals surface area contributed by atoms with Crippen molar-refractivity contribution in [3.05, 3.63) is 11.9 Å². The summed E-state index contributed by atoms with van der Waals surface area (Å²) in [4.78, 5) is 6.89. The summed E-state index contributed by atoms with van der Waals surface area (Å²) in [6.07, 6.45) is -3.93. The topological polar surface area (TPSA) is 70.1 Å². The molecule has 1 fully saturated rings. The van der Waals surface area contributed by atoms with E-state index in [1.54, 1.807) is 6.92 Å². The first-order valence-corrected chi connectivity index (χ1v) is 6.03. The van der Waals surface area contributed by atoms with E-state index >= 15 is 0 Å². The van der Waals surface area contributed by atoms with E-state index in [0.717, 1.165) is 0 Å². The summed E-state index contributed by atoms with van der Waals surface area (Å²) >= 11 is 0. The fraction of sp³-hybridized carbons (Fsp3) is 0.636. The zero-order chi connectivity index (χ0) is 14.0. The minimum atomic E-state index is -4.58. The molecular weight excluding hydrogens is 261 g/mol. The molecule has 0 atom stereocenters. The van der Waals surface area contributed by atoms with Gasteiger partial charge in [-0.25, -0.2) is 9.97 Å². The highest BCUT2D eigenvalue weighted by molar-refractivity contribution is 5.48. The molecule has 1 saturated carbocycles. The van der Waals surface area contributed by atoms with Crippen LogP contribution in [0, 0.1) is 0 Å². The first-order valence-electron chi connectivity index (χ1n) is 6.03. The summed E-state index contributed by atoms with van der Waals surface area (Å²) in [7, 11) is 0. The van der Waals surface area contributed by atoms with Crippen LogP contribution in [0.15, 0.2) is 6.07 Å². The maximum atomic E-state index is 12.7. The summed E-state index contributed by atoms with van der Waals surface area (Å²) in [6, 6.07) is 1.39. The quantitative estimate of drug-likeness (QED) is 0.783. The number of halogens is 3. The molecule has 0 bridgehead atoms. The van der Waals surface area contributed by atoms with E-state index in [9.17, 15) is 13.2 Å². The molecule has 0 aromatic carbocycles. The van der Waals surface area contributed by atoms with E-state index in [4.69, 9.17) is 5.11 Å². The highest BCUT2D eigenvalue weighted by Gasteiger charge is 2.36. The van der Waals surface area contributed by atoms with Gasteiger partial charge in [-0.2, -0.15) is 13.2 Å². The van der Waals surface area contributed by atoms with Gasteiger partial charge in [0.05, 0.1) is 6.10 Å². The van der Waals surface area contributed by atoms with Crippen molar-refractivity contribution in [2.24, 2.45) is 0 Å². The molecule has 1 aliphatic rings. The maximum absolute atomic E-state index is 12.7. The van der Waals surface area contributed by atoms with Gasteiger partial charge >= 0.3 is 6.18 Å². The molecule has 19 heavy (non-hydrogen) atoms. The van der Waals surface area contributed by atoms with Crippen molar-refractivity contribution in [1.82, 2.24) is 9.97 Å². The number of aliphatic hydroxyl groups is 1. The lowest BCUT2D eigenvalue weighted by Crippen LogP contribution is -2.39. The Morgan fingerprint density at radius 2 is 1.95 bits per heavy atom. The average molecular weight is 276 g/mol. The van der Waals surface area contributed by atoms with Gasteiger partial charge in [-0.1, -0.05) is 0 Å². The van der Waals surface area contributed by atoms with Crippen LogP contribution in [0.1, 0.15) is 25.6 Å².